The average molecular weight is 290 g/mol. The van der Waals surface area contributed by atoms with Crippen LogP contribution in [0.5, 0.6) is 11.5 Å². The van der Waals surface area contributed by atoms with Gasteiger partial charge in [-0.05, 0) is 31.5 Å². The van der Waals surface area contributed by atoms with Crippen molar-refractivity contribution in [2.75, 3.05) is 0 Å². The maximum absolute atomic E-state index is 14.0. The van der Waals surface area contributed by atoms with Gasteiger partial charge < -0.3 is 10.5 Å². The molecule has 0 fully saturated rings. The van der Waals surface area contributed by atoms with E-state index in [0.717, 1.165) is 5.56 Å². The van der Waals surface area contributed by atoms with E-state index >= 15 is 0 Å². The lowest BCUT2D eigenvalue weighted by Gasteiger charge is -2.14. The number of halogens is 1. The highest BCUT2D eigenvalue weighted by atomic mass is 19.1. The first-order valence-electron chi connectivity index (χ1n) is 6.37. The summed E-state index contributed by atoms with van der Waals surface area (Å²) in [6.45, 7) is 3.46. The monoisotopic (exact) mass is 290 g/mol. The Hall–Kier alpha value is -2.47. The maximum Gasteiger partial charge on any atom is 0.311 e. The number of ether oxygens (including phenoxy) is 1. The number of aryl methyl sites for hydroxylation is 1. The van der Waals surface area contributed by atoms with E-state index in [2.05, 4.69) is 0 Å². The van der Waals surface area contributed by atoms with E-state index in [-0.39, 0.29) is 17.2 Å². The van der Waals surface area contributed by atoms with Gasteiger partial charge in [0.15, 0.2) is 11.6 Å². The fourth-order valence-electron chi connectivity index (χ4n) is 1.96. The molecule has 2 rings (SSSR count). The molecule has 0 aliphatic rings. The summed E-state index contributed by atoms with van der Waals surface area (Å²) in [7, 11) is 0. The number of benzene rings is 2. The Morgan fingerprint density at radius 2 is 2.05 bits per heavy atom. The van der Waals surface area contributed by atoms with Crippen molar-refractivity contribution < 1.29 is 14.1 Å². The fourth-order valence-corrected chi connectivity index (χ4v) is 1.96. The zero-order chi connectivity index (χ0) is 15.6. The largest absolute Gasteiger partial charge is 0.447 e. The molecule has 0 aliphatic carbocycles. The Balaban J connectivity index is 2.53. The third-order valence-corrected chi connectivity index (χ3v) is 3.01. The molecule has 0 saturated heterocycles. The van der Waals surface area contributed by atoms with E-state index in [4.69, 9.17) is 10.5 Å². The Bertz CT molecular complexity index is 687. The molecule has 1 unspecified atom stereocenters. The molecule has 110 valence electrons. The van der Waals surface area contributed by atoms with Gasteiger partial charge in [-0.2, -0.15) is 0 Å². The second kappa shape index (κ2) is 5.88. The first-order valence-corrected chi connectivity index (χ1v) is 6.37. The minimum Gasteiger partial charge on any atom is -0.447 e. The molecule has 2 aromatic rings. The molecular formula is C15H15FN2O3. The van der Waals surface area contributed by atoms with Crippen molar-refractivity contribution in [2.45, 2.75) is 19.9 Å². The highest BCUT2D eigenvalue weighted by Gasteiger charge is 2.20. The summed E-state index contributed by atoms with van der Waals surface area (Å²) >= 11 is 0. The van der Waals surface area contributed by atoms with Crippen LogP contribution >= 0.6 is 0 Å². The van der Waals surface area contributed by atoms with Crippen LogP contribution in [0.3, 0.4) is 0 Å². The normalized spacial score (nSPS) is 12.0. The zero-order valence-corrected chi connectivity index (χ0v) is 11.7. The predicted octanol–water partition coefficient (Wildman–Crippen LogP) is 3.85. The predicted molar refractivity (Wildman–Crippen MR) is 76.9 cm³/mol. The molecule has 0 saturated carbocycles. The lowest BCUT2D eigenvalue weighted by atomic mass is 10.1. The van der Waals surface area contributed by atoms with Crippen molar-refractivity contribution in [2.24, 2.45) is 5.73 Å². The Morgan fingerprint density at radius 3 is 2.67 bits per heavy atom. The Morgan fingerprint density at radius 1 is 1.33 bits per heavy atom. The van der Waals surface area contributed by atoms with Crippen LogP contribution in [0.25, 0.3) is 0 Å². The van der Waals surface area contributed by atoms with Crippen molar-refractivity contribution in [1.29, 1.82) is 0 Å². The number of para-hydroxylation sites is 1. The van der Waals surface area contributed by atoms with E-state index in [9.17, 15) is 14.5 Å². The SMILES string of the molecule is Cc1ccc([N+](=O)[O-])c(Oc2c(F)cccc2C(C)N)c1. The Kier molecular flexibility index (Phi) is 4.18. The number of hydrogen-bond donors (Lipinski definition) is 1. The van der Waals surface area contributed by atoms with Gasteiger partial charge in [-0.1, -0.05) is 18.2 Å². The van der Waals surface area contributed by atoms with E-state index in [1.54, 1.807) is 26.0 Å². The quantitative estimate of drug-likeness (QED) is 0.685. The molecule has 0 amide bonds. The van der Waals surface area contributed by atoms with Crippen molar-refractivity contribution in [3.8, 4) is 11.5 Å². The van der Waals surface area contributed by atoms with Crippen molar-refractivity contribution in [3.63, 3.8) is 0 Å². The summed E-state index contributed by atoms with van der Waals surface area (Å²) in [5.74, 6) is -0.700. The summed E-state index contributed by atoms with van der Waals surface area (Å²) in [5, 5.41) is 11.0. The standard InChI is InChI=1S/C15H15FN2O3/c1-9-6-7-13(18(19)20)14(8-9)21-15-11(10(2)17)4-3-5-12(15)16/h3-8,10H,17H2,1-2H3. The van der Waals surface area contributed by atoms with Gasteiger partial charge in [-0.15, -0.1) is 0 Å². The van der Waals surface area contributed by atoms with E-state index < -0.39 is 16.8 Å². The number of rotatable bonds is 4. The van der Waals surface area contributed by atoms with E-state index in [1.807, 2.05) is 0 Å². The summed E-state index contributed by atoms with van der Waals surface area (Å²) in [5.41, 5.74) is 6.78. The van der Waals surface area contributed by atoms with Crippen LogP contribution in [0.15, 0.2) is 36.4 Å². The molecule has 2 N–H and O–H groups in total. The number of hydrogen-bond acceptors (Lipinski definition) is 4. The third-order valence-electron chi connectivity index (χ3n) is 3.01. The van der Waals surface area contributed by atoms with Crippen molar-refractivity contribution >= 4 is 5.69 Å². The minimum atomic E-state index is -0.611. The summed E-state index contributed by atoms with van der Waals surface area (Å²) in [6, 6.07) is 8.34. The van der Waals surface area contributed by atoms with Gasteiger partial charge in [0, 0.05) is 17.7 Å². The number of nitrogens with two attached hydrogens (primary N) is 1. The molecule has 5 nitrogen and oxygen atoms in total. The summed E-state index contributed by atoms with van der Waals surface area (Å²) in [6.07, 6.45) is 0. The van der Waals surface area contributed by atoms with Crippen LogP contribution in [0.2, 0.25) is 0 Å². The molecule has 0 aliphatic heterocycles. The summed E-state index contributed by atoms with van der Waals surface area (Å²) in [4.78, 5) is 10.5. The lowest BCUT2D eigenvalue weighted by molar-refractivity contribution is -0.385. The molecular weight excluding hydrogens is 275 g/mol. The molecule has 1 atom stereocenters. The van der Waals surface area contributed by atoms with Gasteiger partial charge in [-0.25, -0.2) is 4.39 Å². The van der Waals surface area contributed by atoms with Crippen LogP contribution in [-0.4, -0.2) is 4.92 Å². The van der Waals surface area contributed by atoms with Crippen LogP contribution in [-0.2, 0) is 0 Å². The number of nitro groups is 1. The molecule has 21 heavy (non-hydrogen) atoms. The van der Waals surface area contributed by atoms with Crippen LogP contribution in [0.1, 0.15) is 24.1 Å². The lowest BCUT2D eigenvalue weighted by Crippen LogP contribution is -2.08. The summed E-state index contributed by atoms with van der Waals surface area (Å²) < 4.78 is 19.5. The van der Waals surface area contributed by atoms with Crippen molar-refractivity contribution in [3.05, 3.63) is 63.5 Å². The topological polar surface area (TPSA) is 78.4 Å². The smallest absolute Gasteiger partial charge is 0.311 e. The molecule has 0 heterocycles. The molecule has 0 bridgehead atoms. The molecule has 0 aromatic heterocycles. The van der Waals surface area contributed by atoms with Crippen LogP contribution in [0.4, 0.5) is 10.1 Å². The molecule has 0 radical (unpaired) electrons. The molecule has 2 aromatic carbocycles. The maximum atomic E-state index is 14.0. The Labute approximate surface area is 121 Å². The van der Waals surface area contributed by atoms with Gasteiger partial charge in [0.2, 0.25) is 5.75 Å². The first kappa shape index (κ1) is 14.9. The minimum absolute atomic E-state index is 0.00741. The number of nitrogens with zero attached hydrogens (tertiary/aromatic N) is 1. The first-order chi connectivity index (χ1) is 9.90. The second-order valence-electron chi connectivity index (χ2n) is 4.78. The zero-order valence-electron chi connectivity index (χ0n) is 11.7. The highest BCUT2D eigenvalue weighted by molar-refractivity contribution is 5.51. The van der Waals surface area contributed by atoms with Gasteiger partial charge in [0.1, 0.15) is 0 Å². The second-order valence-corrected chi connectivity index (χ2v) is 4.78. The van der Waals surface area contributed by atoms with Crippen molar-refractivity contribution in [1.82, 2.24) is 0 Å². The molecule has 6 heteroatoms. The number of nitro benzene ring substituents is 1. The van der Waals surface area contributed by atoms with Crippen LogP contribution in [0, 0.1) is 22.9 Å². The van der Waals surface area contributed by atoms with Gasteiger partial charge in [0.05, 0.1) is 4.92 Å². The average Bonchev–Trinajstić information content (AvgIpc) is 2.40. The van der Waals surface area contributed by atoms with E-state index in [0.29, 0.717) is 5.56 Å². The highest BCUT2D eigenvalue weighted by Crippen LogP contribution is 2.36. The third kappa shape index (κ3) is 3.17. The molecule has 0 spiro atoms. The van der Waals surface area contributed by atoms with E-state index in [1.165, 1.54) is 24.3 Å². The van der Waals surface area contributed by atoms with Gasteiger partial charge >= 0.3 is 5.69 Å². The van der Waals surface area contributed by atoms with Crippen LogP contribution < -0.4 is 10.5 Å². The van der Waals surface area contributed by atoms with Gasteiger partial charge in [0.25, 0.3) is 0 Å². The van der Waals surface area contributed by atoms with Gasteiger partial charge in [-0.3, -0.25) is 10.1 Å². The fraction of sp³-hybridized carbons (Fsp3) is 0.200.